The first-order valence-corrected chi connectivity index (χ1v) is 9.95. The molecule has 9 heteroatoms. The van der Waals surface area contributed by atoms with Gasteiger partial charge in [0.2, 0.25) is 17.8 Å². The van der Waals surface area contributed by atoms with Crippen molar-refractivity contribution < 1.29 is 4.79 Å². The predicted octanol–water partition coefficient (Wildman–Crippen LogP) is 2.38. The lowest BCUT2D eigenvalue weighted by Crippen LogP contribution is -2.45. The number of halogens is 1. The Morgan fingerprint density at radius 3 is 2.58 bits per heavy atom. The minimum atomic E-state index is -0.136. The number of anilines is 2. The first kappa shape index (κ1) is 17.6. The summed E-state index contributed by atoms with van der Waals surface area (Å²) in [5.74, 6) is 1.19. The second-order valence-electron chi connectivity index (χ2n) is 6.64. The van der Waals surface area contributed by atoms with Crippen LogP contribution >= 0.6 is 23.4 Å². The molecule has 2 unspecified atom stereocenters. The number of benzene rings is 1. The highest BCUT2D eigenvalue weighted by Crippen LogP contribution is 2.44. The van der Waals surface area contributed by atoms with Gasteiger partial charge in [-0.2, -0.15) is 4.98 Å². The molecule has 1 N–H and O–H groups in total. The van der Waals surface area contributed by atoms with Crippen molar-refractivity contribution in [1.29, 1.82) is 0 Å². The third-order valence-electron chi connectivity index (χ3n) is 4.78. The quantitative estimate of drug-likeness (QED) is 0.864. The van der Waals surface area contributed by atoms with Gasteiger partial charge in [-0.1, -0.05) is 23.7 Å². The van der Waals surface area contributed by atoms with E-state index in [2.05, 4.69) is 32.0 Å². The lowest BCUT2D eigenvalue weighted by Gasteiger charge is -2.31. The fourth-order valence-electron chi connectivity index (χ4n) is 3.19. The monoisotopic (exact) mass is 392 g/mol. The number of aromatic amines is 1. The number of aromatic nitrogens is 3. The van der Waals surface area contributed by atoms with Crippen molar-refractivity contribution >= 4 is 41.2 Å². The second kappa shape index (κ2) is 7.09. The molecule has 1 aromatic heterocycles. The number of likely N-dealkylation sites (N-methyl/N-ethyl adjacent to an activating group) is 1. The third-order valence-corrected chi connectivity index (χ3v) is 6.39. The number of rotatable bonds is 3. The predicted molar refractivity (Wildman–Crippen MR) is 105 cm³/mol. The van der Waals surface area contributed by atoms with Crippen LogP contribution in [0.15, 0.2) is 24.3 Å². The summed E-state index contributed by atoms with van der Waals surface area (Å²) in [5, 5.41) is 7.74. The molecule has 2 aliphatic heterocycles. The molecule has 0 spiro atoms. The molecule has 0 radical (unpaired) electrons. The molecule has 2 fully saturated rings. The molecule has 26 heavy (non-hydrogen) atoms. The van der Waals surface area contributed by atoms with Crippen molar-refractivity contribution in [2.24, 2.45) is 0 Å². The molecule has 0 saturated carbocycles. The Bertz CT molecular complexity index is 789. The fraction of sp³-hybridized carbons (Fsp3) is 0.471. The topological polar surface area (TPSA) is 68.4 Å². The lowest BCUT2D eigenvalue weighted by molar-refractivity contribution is -0.117. The van der Waals surface area contributed by atoms with E-state index >= 15 is 0 Å². The van der Waals surface area contributed by atoms with Crippen LogP contribution in [0.5, 0.6) is 0 Å². The summed E-state index contributed by atoms with van der Waals surface area (Å²) in [6.45, 7) is 5.65. The summed E-state index contributed by atoms with van der Waals surface area (Å²) in [6, 6.07) is 7.60. The first-order valence-electron chi connectivity index (χ1n) is 8.63. The van der Waals surface area contributed by atoms with Gasteiger partial charge in [0.25, 0.3) is 0 Å². The molecule has 2 aliphatic rings. The van der Waals surface area contributed by atoms with Gasteiger partial charge in [0, 0.05) is 31.2 Å². The Hall–Kier alpha value is -1.77. The number of carbonyl (C=O) groups is 1. The first-order chi connectivity index (χ1) is 12.5. The summed E-state index contributed by atoms with van der Waals surface area (Å²) >= 11 is 7.61. The van der Waals surface area contributed by atoms with Gasteiger partial charge in [-0.15, -0.1) is 16.9 Å². The highest BCUT2D eigenvalue weighted by Gasteiger charge is 2.41. The molecule has 1 aromatic carbocycles. The van der Waals surface area contributed by atoms with Gasteiger partial charge >= 0.3 is 0 Å². The van der Waals surface area contributed by atoms with Crippen LogP contribution in [0.4, 0.5) is 11.9 Å². The van der Waals surface area contributed by atoms with Crippen molar-refractivity contribution in [2.45, 2.75) is 17.5 Å². The number of amides is 1. The number of nitrogens with one attached hydrogen (secondary N) is 1. The zero-order valence-corrected chi connectivity index (χ0v) is 16.3. The lowest BCUT2D eigenvalue weighted by atomic mass is 10.2. The highest BCUT2D eigenvalue weighted by atomic mass is 35.5. The number of piperazine rings is 1. The SMILES string of the molecule is CC1SC(c2ccc(Cl)cc2)N(c2nc(N3CCN(C)CC3)n[nH]2)C1=O. The Labute approximate surface area is 161 Å². The van der Waals surface area contributed by atoms with Crippen LogP contribution in [0.2, 0.25) is 5.02 Å². The van der Waals surface area contributed by atoms with Crippen LogP contribution < -0.4 is 9.80 Å². The van der Waals surface area contributed by atoms with E-state index in [1.54, 1.807) is 16.7 Å². The van der Waals surface area contributed by atoms with Gasteiger partial charge < -0.3 is 9.80 Å². The third kappa shape index (κ3) is 3.28. The standard InChI is InChI=1S/C17H21ClN6OS/c1-11-14(25)24(15(26-11)12-3-5-13(18)6-4-12)17-19-16(20-21-17)23-9-7-22(2)8-10-23/h3-6,11,15H,7-10H2,1-2H3,(H,19,20,21). The molecular weight excluding hydrogens is 372 g/mol. The molecule has 3 heterocycles. The van der Waals surface area contributed by atoms with Crippen LogP contribution in [-0.2, 0) is 4.79 Å². The number of thioether (sulfide) groups is 1. The summed E-state index contributed by atoms with van der Waals surface area (Å²) in [4.78, 5) is 23.5. The maximum atomic E-state index is 12.8. The van der Waals surface area contributed by atoms with Gasteiger partial charge in [-0.3, -0.25) is 9.69 Å². The van der Waals surface area contributed by atoms with Crippen LogP contribution in [0.1, 0.15) is 17.9 Å². The fourth-order valence-corrected chi connectivity index (χ4v) is 4.58. The largest absolute Gasteiger partial charge is 0.337 e. The van der Waals surface area contributed by atoms with Crippen molar-refractivity contribution in [2.75, 3.05) is 43.0 Å². The number of H-pyrrole nitrogens is 1. The molecule has 0 bridgehead atoms. The van der Waals surface area contributed by atoms with Gasteiger partial charge in [-0.05, 0) is 31.7 Å². The zero-order valence-electron chi connectivity index (χ0n) is 14.7. The molecule has 7 nitrogen and oxygen atoms in total. The van der Waals surface area contributed by atoms with E-state index in [0.29, 0.717) is 16.9 Å². The molecule has 138 valence electrons. The van der Waals surface area contributed by atoms with E-state index in [4.69, 9.17) is 11.6 Å². The number of hydrogen-bond acceptors (Lipinski definition) is 6. The maximum absolute atomic E-state index is 12.8. The van der Waals surface area contributed by atoms with Gasteiger partial charge in [0.1, 0.15) is 5.37 Å². The van der Waals surface area contributed by atoms with E-state index in [-0.39, 0.29) is 16.5 Å². The molecule has 2 aromatic rings. The van der Waals surface area contributed by atoms with Crippen LogP contribution in [0, 0.1) is 0 Å². The summed E-state index contributed by atoms with van der Waals surface area (Å²) in [6.07, 6.45) is 0. The summed E-state index contributed by atoms with van der Waals surface area (Å²) < 4.78 is 0. The zero-order chi connectivity index (χ0) is 18.3. The van der Waals surface area contributed by atoms with Crippen LogP contribution in [-0.4, -0.2) is 64.5 Å². The minimum absolute atomic E-state index is 0.0380. The van der Waals surface area contributed by atoms with Gasteiger partial charge in [0.15, 0.2) is 0 Å². The van der Waals surface area contributed by atoms with E-state index in [9.17, 15) is 4.79 Å². The van der Waals surface area contributed by atoms with Gasteiger partial charge in [0.05, 0.1) is 5.25 Å². The maximum Gasteiger partial charge on any atom is 0.246 e. The van der Waals surface area contributed by atoms with Gasteiger partial charge in [-0.25, -0.2) is 5.10 Å². The molecular formula is C17H21ClN6OS. The van der Waals surface area contributed by atoms with E-state index in [1.165, 1.54) is 0 Å². The Balaban J connectivity index is 1.60. The molecule has 2 atom stereocenters. The van der Waals surface area contributed by atoms with E-state index in [0.717, 1.165) is 31.7 Å². The summed E-state index contributed by atoms with van der Waals surface area (Å²) in [7, 11) is 2.11. The van der Waals surface area contributed by atoms with Crippen molar-refractivity contribution in [3.05, 3.63) is 34.9 Å². The molecule has 1 amide bonds. The molecule has 2 saturated heterocycles. The summed E-state index contributed by atoms with van der Waals surface area (Å²) in [5.41, 5.74) is 1.02. The van der Waals surface area contributed by atoms with Crippen molar-refractivity contribution in [3.63, 3.8) is 0 Å². The number of nitrogens with zero attached hydrogens (tertiary/aromatic N) is 5. The Kier molecular flexibility index (Phi) is 4.81. The second-order valence-corrected chi connectivity index (χ2v) is 8.50. The molecule has 4 rings (SSSR count). The van der Waals surface area contributed by atoms with Crippen LogP contribution in [0.3, 0.4) is 0 Å². The smallest absolute Gasteiger partial charge is 0.246 e. The van der Waals surface area contributed by atoms with E-state index < -0.39 is 0 Å². The van der Waals surface area contributed by atoms with Crippen LogP contribution in [0.25, 0.3) is 0 Å². The van der Waals surface area contributed by atoms with E-state index in [1.807, 2.05) is 31.2 Å². The normalized spacial score (nSPS) is 24.5. The highest BCUT2D eigenvalue weighted by molar-refractivity contribution is 8.01. The number of carbonyl (C=O) groups excluding carboxylic acids is 1. The van der Waals surface area contributed by atoms with Crippen molar-refractivity contribution in [1.82, 2.24) is 20.1 Å². The minimum Gasteiger partial charge on any atom is -0.337 e. The Morgan fingerprint density at radius 1 is 1.19 bits per heavy atom. The molecule has 0 aliphatic carbocycles. The average molecular weight is 393 g/mol. The average Bonchev–Trinajstić information content (AvgIpc) is 3.22. The number of hydrogen-bond donors (Lipinski definition) is 1. The Morgan fingerprint density at radius 2 is 1.88 bits per heavy atom. The van der Waals surface area contributed by atoms with Crippen molar-refractivity contribution in [3.8, 4) is 0 Å².